The number of carboxylic acids is 4. The van der Waals surface area contributed by atoms with Gasteiger partial charge in [-0.3, -0.25) is 77.1 Å². The lowest BCUT2D eigenvalue weighted by atomic mass is 10.0. The molecule has 11 N–H and O–H groups in total. The number of benzene rings is 2. The lowest BCUT2D eigenvalue weighted by Gasteiger charge is -2.32. The molecule has 1 unspecified atom stereocenters. The maximum atomic E-state index is 14.9. The van der Waals surface area contributed by atoms with Crippen LogP contribution < -0.4 is 32.3 Å². The molecule has 2 aromatic rings. The van der Waals surface area contributed by atoms with E-state index in [0.29, 0.717) is 48.7 Å². The van der Waals surface area contributed by atoms with Crippen molar-refractivity contribution < 1.29 is 87.5 Å². The molecule has 7 atom stereocenters. The average molecular weight is 1470 g/mol. The second-order valence-electron chi connectivity index (χ2n) is 25.3. The number of thioether (sulfide) groups is 3. The summed E-state index contributed by atoms with van der Waals surface area (Å²) in [6.07, 6.45) is 2.59. The van der Waals surface area contributed by atoms with Crippen LogP contribution in [0.1, 0.15) is 87.5 Å². The summed E-state index contributed by atoms with van der Waals surface area (Å²) < 4.78 is 5.44. The maximum absolute atomic E-state index is 14.9. The number of nitrogens with one attached hydrogen (secondary N) is 5. The monoisotopic (exact) mass is 1470 g/mol. The molecule has 4 aliphatic rings. The minimum atomic E-state index is -1.48. The first-order valence-corrected chi connectivity index (χ1v) is 37.5. The van der Waals surface area contributed by atoms with E-state index in [1.807, 2.05) is 30.0 Å². The Hall–Kier alpha value is -7.73. The number of hydrogen-bond acceptors (Lipinski definition) is 21. The number of ether oxygens (including phenoxy) is 1. The number of rotatable bonds is 25. The molecule has 9 amide bonds. The number of aliphatic imine (C=N–C) groups is 1. The lowest BCUT2D eigenvalue weighted by molar-refractivity contribution is -0.147. The summed E-state index contributed by atoms with van der Waals surface area (Å²) in [5, 5.41) is 53.0. The molecule has 0 radical (unpaired) electrons. The first-order chi connectivity index (χ1) is 48.4. The van der Waals surface area contributed by atoms with Crippen LogP contribution in [0.15, 0.2) is 53.5 Å². The summed E-state index contributed by atoms with van der Waals surface area (Å²) in [6.45, 7) is 5.02. The molecular weight excluding hydrogens is 1370 g/mol. The van der Waals surface area contributed by atoms with E-state index in [1.165, 1.54) is 51.3 Å². The smallest absolute Gasteiger partial charge is 0.327 e. The highest BCUT2D eigenvalue weighted by Gasteiger charge is 2.44. The summed E-state index contributed by atoms with van der Waals surface area (Å²) in [4.78, 5) is 188. The molecule has 101 heavy (non-hydrogen) atoms. The Morgan fingerprint density at radius 2 is 1.16 bits per heavy atom. The van der Waals surface area contributed by atoms with Crippen LogP contribution in [-0.4, -0.2) is 298 Å². The van der Waals surface area contributed by atoms with Gasteiger partial charge in [0.15, 0.2) is 0 Å². The molecule has 3 saturated heterocycles. The zero-order chi connectivity index (χ0) is 73.4. The standard InChI is InChI=1S/C67H97N13O18S3/c1-3-27-98-38-57(83)70-33-48-42-100-40-46-29-45(39-99-28-16-69-56(82)34-75-19-21-76(35-58(84)85)23-25-78(37-60(88)89)26-24-77(22-20-75)36-59(86)87)30-47(31-46)41-101-43-52(67(96)97)74-63(92)51(32-44-10-6-5-7-11-44)73-62(91)50(14-15-55(68)81)72-61(90)49(4-2)71-64(93)53-12-8-17-79(53)66(95)54-13-9-18-80(54)65(48)94/h5-7,10-11,29-31,33,48-54H,3-4,8-9,12-28,32,34-43H2,1-2H3,(H2,68,81)(H,69,82)(H,71,93)(H,72,90)(H,73,91)(H,74,92)(H,84,85)(H,86,87)(H,88,89)(H,96,97)/b70-33+/t48?,49-,50-,51-,52-,53-,54-/m0/s1. The molecule has 0 spiro atoms. The van der Waals surface area contributed by atoms with Crippen molar-refractivity contribution in [3.05, 3.63) is 70.8 Å². The van der Waals surface area contributed by atoms with E-state index < -0.39 is 113 Å². The number of amides is 9. The summed E-state index contributed by atoms with van der Waals surface area (Å²) in [7, 11) is 0. The molecule has 4 heterocycles. The van der Waals surface area contributed by atoms with Crippen LogP contribution >= 0.6 is 35.3 Å². The van der Waals surface area contributed by atoms with E-state index in [4.69, 9.17) is 10.5 Å². The van der Waals surface area contributed by atoms with Gasteiger partial charge in [0.1, 0.15) is 42.9 Å². The Bertz CT molecular complexity index is 3180. The predicted molar refractivity (Wildman–Crippen MR) is 378 cm³/mol. The van der Waals surface area contributed by atoms with Crippen LogP contribution in [0.3, 0.4) is 0 Å². The highest BCUT2D eigenvalue weighted by molar-refractivity contribution is 7.99. The zero-order valence-electron chi connectivity index (χ0n) is 57.3. The van der Waals surface area contributed by atoms with E-state index in [2.05, 4.69) is 31.6 Å². The number of carbonyl (C=O) groups is 13. The number of carboxylic acid groups (broad SMARTS) is 4. The summed E-state index contributed by atoms with van der Waals surface area (Å²) in [5.74, 6) is -10.0. The van der Waals surface area contributed by atoms with Gasteiger partial charge in [-0.1, -0.05) is 62.4 Å². The van der Waals surface area contributed by atoms with Gasteiger partial charge in [-0.2, -0.15) is 35.3 Å². The Balaban J connectivity index is 1.26. The molecule has 34 heteroatoms. The van der Waals surface area contributed by atoms with E-state index in [-0.39, 0.29) is 166 Å². The van der Waals surface area contributed by atoms with Crippen molar-refractivity contribution in [3.8, 4) is 0 Å². The minimum absolute atomic E-state index is 0.0251. The second kappa shape index (κ2) is 43.3. The van der Waals surface area contributed by atoms with Gasteiger partial charge in [0.25, 0.3) is 5.91 Å². The van der Waals surface area contributed by atoms with Gasteiger partial charge < -0.3 is 67.3 Å². The van der Waals surface area contributed by atoms with Crippen molar-refractivity contribution in [1.82, 2.24) is 56.0 Å². The second-order valence-corrected chi connectivity index (χ2v) is 28.4. The normalized spacial score (nSPS) is 23.2. The molecule has 2 bridgehead atoms. The number of hydrogen-bond donors (Lipinski definition) is 10. The van der Waals surface area contributed by atoms with Crippen LogP contribution in [0.4, 0.5) is 0 Å². The Labute approximate surface area is 600 Å². The molecule has 6 rings (SSSR count). The lowest BCUT2D eigenvalue weighted by Crippen LogP contribution is -2.59. The molecule has 0 aliphatic carbocycles. The van der Waals surface area contributed by atoms with Gasteiger partial charge in [-0.25, -0.2) is 9.79 Å². The van der Waals surface area contributed by atoms with Crippen molar-refractivity contribution >= 4 is 119 Å². The molecule has 2 aromatic carbocycles. The maximum Gasteiger partial charge on any atom is 0.327 e. The fourth-order valence-electron chi connectivity index (χ4n) is 12.1. The molecule has 0 aromatic heterocycles. The van der Waals surface area contributed by atoms with E-state index in [0.717, 1.165) is 16.7 Å². The third-order valence-corrected chi connectivity index (χ3v) is 20.5. The van der Waals surface area contributed by atoms with Crippen LogP contribution in [0.2, 0.25) is 0 Å². The van der Waals surface area contributed by atoms with Crippen LogP contribution in [0.5, 0.6) is 0 Å². The Morgan fingerprint density at radius 3 is 1.71 bits per heavy atom. The average Bonchev–Trinajstić information content (AvgIpc) is 1.68. The SMILES string of the molecule is CCCOCC(=O)/N=C/C1CSCc2cc(CSCCNC(=O)CN3CCN(CC(=O)O)CCN(CC(=O)O)CCN(CC(=O)O)CC3)cc(c2)CSC[C@@H](C(=O)O)NC(=O)[C@H](Cc2ccccc2)NC(=O)[C@H](CCC(N)=O)NC(=O)[C@H](CC)NC(=O)[C@@H]2CCCN2C(=O)[C@@H]2CCCN2C1=O. The van der Waals surface area contributed by atoms with Crippen molar-refractivity contribution in [2.24, 2.45) is 16.6 Å². The fourth-order valence-corrected chi connectivity index (χ4v) is 14.9. The van der Waals surface area contributed by atoms with Gasteiger partial charge in [0.05, 0.1) is 32.1 Å². The predicted octanol–water partition coefficient (Wildman–Crippen LogP) is -0.444. The topological polar surface area (TPSA) is 430 Å². The third-order valence-electron chi connectivity index (χ3n) is 17.3. The molecular formula is C67H97N13O18S3. The molecule has 31 nitrogen and oxygen atoms in total. The van der Waals surface area contributed by atoms with E-state index in [9.17, 15) is 82.8 Å². The highest BCUT2D eigenvalue weighted by Crippen LogP contribution is 2.29. The highest BCUT2D eigenvalue weighted by atomic mass is 32.2. The quantitative estimate of drug-likeness (QED) is 0.0445. The van der Waals surface area contributed by atoms with Gasteiger partial charge in [-0.15, -0.1) is 0 Å². The van der Waals surface area contributed by atoms with Crippen LogP contribution in [0.25, 0.3) is 0 Å². The Morgan fingerprint density at radius 1 is 0.634 bits per heavy atom. The van der Waals surface area contributed by atoms with Gasteiger partial charge >= 0.3 is 23.9 Å². The largest absolute Gasteiger partial charge is 0.480 e. The van der Waals surface area contributed by atoms with Crippen molar-refractivity contribution in [1.29, 1.82) is 0 Å². The number of nitrogens with two attached hydrogens (primary N) is 1. The van der Waals surface area contributed by atoms with Gasteiger partial charge in [-0.05, 0) is 67.2 Å². The van der Waals surface area contributed by atoms with E-state index in [1.54, 1.807) is 52.0 Å². The number of nitrogens with zero attached hydrogens (tertiary/aromatic N) is 7. The van der Waals surface area contributed by atoms with Crippen LogP contribution in [0, 0.1) is 5.92 Å². The molecule has 0 saturated carbocycles. The fraction of sp³-hybridized carbons (Fsp3) is 0.612. The molecule has 4 aliphatic heterocycles. The van der Waals surface area contributed by atoms with Gasteiger partial charge in [0, 0.05) is 132 Å². The van der Waals surface area contributed by atoms with Crippen molar-refractivity contribution in [2.45, 2.75) is 125 Å². The van der Waals surface area contributed by atoms with Gasteiger partial charge in [0.2, 0.25) is 47.3 Å². The number of fused-ring (bicyclic) bond motifs is 4. The molecule has 3 fully saturated rings. The number of carbonyl (C=O) groups excluding carboxylic acids is 9. The van der Waals surface area contributed by atoms with Crippen LogP contribution in [-0.2, 0) is 90.7 Å². The van der Waals surface area contributed by atoms with E-state index >= 15 is 0 Å². The minimum Gasteiger partial charge on any atom is -0.480 e. The summed E-state index contributed by atoms with van der Waals surface area (Å²) in [6, 6.07) is 6.85. The first kappa shape index (κ1) is 82.2. The van der Waals surface area contributed by atoms with Crippen molar-refractivity contribution in [3.63, 3.8) is 0 Å². The number of aliphatic carboxylic acids is 4. The first-order valence-electron chi connectivity index (χ1n) is 34.1. The Kier molecular flexibility index (Phi) is 35.2. The third kappa shape index (κ3) is 28.9. The summed E-state index contributed by atoms with van der Waals surface area (Å²) in [5.41, 5.74) is 8.56. The number of primary amides is 1. The molecule has 556 valence electrons. The summed E-state index contributed by atoms with van der Waals surface area (Å²) >= 11 is 4.10. The van der Waals surface area contributed by atoms with Crippen molar-refractivity contribution in [2.75, 3.05) is 129 Å². The zero-order valence-corrected chi connectivity index (χ0v) is 59.8.